The van der Waals surface area contributed by atoms with E-state index in [2.05, 4.69) is 15.5 Å². The molecule has 0 aromatic carbocycles. The van der Waals surface area contributed by atoms with Gasteiger partial charge in [0.1, 0.15) is 5.82 Å². The van der Waals surface area contributed by atoms with Gasteiger partial charge in [0, 0.05) is 32.3 Å². The lowest BCUT2D eigenvalue weighted by atomic mass is 10.4. The lowest BCUT2D eigenvalue weighted by molar-refractivity contribution is 0.557. The second-order valence-corrected chi connectivity index (χ2v) is 5.23. The molecule has 0 saturated heterocycles. The molecule has 0 unspecified atom stereocenters. The van der Waals surface area contributed by atoms with E-state index in [1.807, 2.05) is 0 Å². The van der Waals surface area contributed by atoms with Crippen LogP contribution >= 0.6 is 0 Å². The Balaban J connectivity index is 2.50. The van der Waals surface area contributed by atoms with Crippen molar-refractivity contribution in [2.24, 2.45) is 0 Å². The Labute approximate surface area is 82.3 Å². The average molecular weight is 216 g/mol. The second-order valence-electron chi connectivity index (χ2n) is 3.32. The van der Waals surface area contributed by atoms with Gasteiger partial charge in [0.15, 0.2) is 0 Å². The van der Waals surface area contributed by atoms with E-state index in [1.54, 1.807) is 4.57 Å². The lowest BCUT2D eigenvalue weighted by Gasteiger charge is -2.03. The molecule has 0 bridgehead atoms. The highest BCUT2D eigenvalue weighted by molar-refractivity contribution is 7.90. The molecule has 0 spiro atoms. The summed E-state index contributed by atoms with van der Waals surface area (Å²) in [7, 11) is -3.26. The summed E-state index contributed by atoms with van der Waals surface area (Å²) >= 11 is 0. The molecule has 0 atom stereocenters. The highest BCUT2D eigenvalue weighted by atomic mass is 32.2. The number of sulfone groups is 1. The van der Waals surface area contributed by atoms with Crippen LogP contribution in [0.3, 0.4) is 0 Å². The molecule has 1 N–H and O–H groups in total. The number of nitrogens with zero attached hydrogens (tertiary/aromatic N) is 3. The summed E-state index contributed by atoms with van der Waals surface area (Å²) in [6, 6.07) is 0. The zero-order chi connectivity index (χ0) is 10.2. The zero-order valence-electron chi connectivity index (χ0n) is 7.89. The van der Waals surface area contributed by atoms with Gasteiger partial charge in [-0.1, -0.05) is 0 Å². The van der Waals surface area contributed by atoms with Crippen molar-refractivity contribution in [3.63, 3.8) is 0 Å². The van der Waals surface area contributed by atoms with E-state index in [9.17, 15) is 8.42 Å². The molecule has 1 aliphatic rings. The first-order valence-electron chi connectivity index (χ1n) is 4.42. The standard InChI is InChI=1S/C7H12N4O2S/c1-14(12,13)7-10-9-6-2-3-8-4-5-11(6)7/h8H,2-5H2,1H3. The van der Waals surface area contributed by atoms with Crippen LogP contribution < -0.4 is 5.32 Å². The molecule has 1 aromatic heterocycles. The van der Waals surface area contributed by atoms with Crippen molar-refractivity contribution in [2.45, 2.75) is 18.1 Å². The molecule has 1 aliphatic heterocycles. The van der Waals surface area contributed by atoms with Crippen molar-refractivity contribution in [1.29, 1.82) is 0 Å². The molecule has 14 heavy (non-hydrogen) atoms. The van der Waals surface area contributed by atoms with Gasteiger partial charge in [-0.25, -0.2) is 8.42 Å². The van der Waals surface area contributed by atoms with Crippen LogP contribution in [-0.2, 0) is 22.8 Å². The number of hydrogen-bond acceptors (Lipinski definition) is 5. The fraction of sp³-hybridized carbons (Fsp3) is 0.714. The lowest BCUT2D eigenvalue weighted by Crippen LogP contribution is -2.19. The molecule has 0 aliphatic carbocycles. The maximum absolute atomic E-state index is 11.3. The van der Waals surface area contributed by atoms with Gasteiger partial charge in [-0.15, -0.1) is 10.2 Å². The van der Waals surface area contributed by atoms with Crippen molar-refractivity contribution in [3.05, 3.63) is 5.82 Å². The van der Waals surface area contributed by atoms with Gasteiger partial charge in [0.25, 0.3) is 0 Å². The van der Waals surface area contributed by atoms with E-state index < -0.39 is 9.84 Å². The van der Waals surface area contributed by atoms with Crippen molar-refractivity contribution in [3.8, 4) is 0 Å². The van der Waals surface area contributed by atoms with E-state index in [0.29, 0.717) is 6.54 Å². The number of fused-ring (bicyclic) bond motifs is 1. The third kappa shape index (κ3) is 1.64. The Bertz CT molecular complexity index is 437. The highest BCUT2D eigenvalue weighted by Gasteiger charge is 2.20. The fourth-order valence-electron chi connectivity index (χ4n) is 1.52. The summed E-state index contributed by atoms with van der Waals surface area (Å²) in [5.41, 5.74) is 0. The maximum Gasteiger partial charge on any atom is 0.249 e. The summed E-state index contributed by atoms with van der Waals surface area (Å²) in [5, 5.41) is 10.8. The van der Waals surface area contributed by atoms with Crippen LogP contribution in [0.25, 0.3) is 0 Å². The first-order chi connectivity index (χ1) is 6.59. The smallest absolute Gasteiger partial charge is 0.249 e. The Morgan fingerprint density at radius 2 is 2.14 bits per heavy atom. The molecule has 2 heterocycles. The van der Waals surface area contributed by atoms with Gasteiger partial charge < -0.3 is 9.88 Å². The third-order valence-corrected chi connectivity index (χ3v) is 3.13. The largest absolute Gasteiger partial charge is 0.315 e. The average Bonchev–Trinajstić information content (AvgIpc) is 2.36. The van der Waals surface area contributed by atoms with Gasteiger partial charge in [0.05, 0.1) is 0 Å². The van der Waals surface area contributed by atoms with Gasteiger partial charge in [0.2, 0.25) is 15.0 Å². The highest BCUT2D eigenvalue weighted by Crippen LogP contribution is 2.10. The second kappa shape index (κ2) is 3.32. The first-order valence-corrected chi connectivity index (χ1v) is 6.31. The minimum absolute atomic E-state index is 0.0798. The molecule has 0 saturated carbocycles. The predicted molar refractivity (Wildman–Crippen MR) is 49.7 cm³/mol. The van der Waals surface area contributed by atoms with Crippen molar-refractivity contribution in [2.75, 3.05) is 19.3 Å². The van der Waals surface area contributed by atoms with Crippen LogP contribution in [0, 0.1) is 0 Å². The molecule has 0 amide bonds. The molecule has 0 fully saturated rings. The minimum Gasteiger partial charge on any atom is -0.315 e. The normalized spacial score (nSPS) is 17.5. The summed E-state index contributed by atoms with van der Waals surface area (Å²) < 4.78 is 24.3. The van der Waals surface area contributed by atoms with Gasteiger partial charge in [-0.2, -0.15) is 0 Å². The monoisotopic (exact) mass is 216 g/mol. The van der Waals surface area contributed by atoms with E-state index in [0.717, 1.165) is 31.6 Å². The Kier molecular flexibility index (Phi) is 2.28. The number of rotatable bonds is 1. The fourth-order valence-corrected chi connectivity index (χ4v) is 2.31. The van der Waals surface area contributed by atoms with E-state index in [1.165, 1.54) is 0 Å². The van der Waals surface area contributed by atoms with Gasteiger partial charge >= 0.3 is 0 Å². The van der Waals surface area contributed by atoms with Crippen LogP contribution in [0.2, 0.25) is 0 Å². The first kappa shape index (κ1) is 9.60. The number of hydrogen-bond donors (Lipinski definition) is 1. The summed E-state index contributed by atoms with van der Waals surface area (Å²) in [4.78, 5) is 0. The Morgan fingerprint density at radius 3 is 2.86 bits per heavy atom. The van der Waals surface area contributed by atoms with Crippen molar-refractivity contribution >= 4 is 9.84 Å². The van der Waals surface area contributed by atoms with Crippen LogP contribution in [-0.4, -0.2) is 42.5 Å². The van der Waals surface area contributed by atoms with Crippen molar-refractivity contribution < 1.29 is 8.42 Å². The molecule has 1 aromatic rings. The quantitative estimate of drug-likeness (QED) is 0.640. The molecular formula is C7H12N4O2S. The Hall–Kier alpha value is -0.950. The zero-order valence-corrected chi connectivity index (χ0v) is 8.71. The van der Waals surface area contributed by atoms with E-state index in [-0.39, 0.29) is 5.16 Å². The summed E-state index contributed by atoms with van der Waals surface area (Å²) in [5.74, 6) is 0.746. The van der Waals surface area contributed by atoms with E-state index >= 15 is 0 Å². The van der Waals surface area contributed by atoms with Crippen LogP contribution in [0.5, 0.6) is 0 Å². The molecule has 6 nitrogen and oxygen atoms in total. The number of nitrogens with one attached hydrogen (secondary N) is 1. The third-order valence-electron chi connectivity index (χ3n) is 2.16. The van der Waals surface area contributed by atoms with Crippen LogP contribution in [0.4, 0.5) is 0 Å². The van der Waals surface area contributed by atoms with Crippen LogP contribution in [0.15, 0.2) is 5.16 Å². The SMILES string of the molecule is CS(=O)(=O)c1nnc2n1CCNCC2. The molecule has 2 rings (SSSR count). The molecular weight excluding hydrogens is 204 g/mol. The predicted octanol–water partition coefficient (Wildman–Crippen LogP) is -1.17. The summed E-state index contributed by atoms with van der Waals surface area (Å²) in [6.45, 7) is 2.19. The van der Waals surface area contributed by atoms with Gasteiger partial charge in [-0.3, -0.25) is 0 Å². The maximum atomic E-state index is 11.3. The Morgan fingerprint density at radius 1 is 1.36 bits per heavy atom. The van der Waals surface area contributed by atoms with Crippen LogP contribution in [0.1, 0.15) is 5.82 Å². The number of aromatic nitrogens is 3. The van der Waals surface area contributed by atoms with Gasteiger partial charge in [-0.05, 0) is 0 Å². The molecule has 0 radical (unpaired) electrons. The topological polar surface area (TPSA) is 76.9 Å². The summed E-state index contributed by atoms with van der Waals surface area (Å²) in [6.07, 6.45) is 1.88. The van der Waals surface area contributed by atoms with E-state index in [4.69, 9.17) is 0 Å². The molecule has 7 heteroatoms. The molecule has 78 valence electrons. The van der Waals surface area contributed by atoms with Crippen molar-refractivity contribution in [1.82, 2.24) is 20.1 Å². The minimum atomic E-state index is -3.26.